The molecule has 0 spiro atoms. The van der Waals surface area contributed by atoms with Gasteiger partial charge >= 0.3 is 5.97 Å². The summed E-state index contributed by atoms with van der Waals surface area (Å²) in [5, 5.41) is 17.0. The van der Waals surface area contributed by atoms with Gasteiger partial charge < -0.3 is 19.7 Å². The fraction of sp³-hybridized carbons (Fsp3) is 0.350. The van der Waals surface area contributed by atoms with Crippen molar-refractivity contribution in [1.82, 2.24) is 0 Å². The Labute approximate surface area is 153 Å². The van der Waals surface area contributed by atoms with E-state index >= 15 is 0 Å². The van der Waals surface area contributed by atoms with Crippen molar-refractivity contribution < 1.29 is 28.9 Å². The predicted molar refractivity (Wildman–Crippen MR) is 96.7 cm³/mol. The molecule has 2 rings (SSSR count). The fourth-order valence-electron chi connectivity index (χ4n) is 1.86. The number of hydrogen-bond acceptors (Lipinski definition) is 4. The molecular formula is C20H25FO5. The number of aliphatic hydroxyl groups excluding tert-OH is 1. The maximum Gasteiger partial charge on any atom is 0.335 e. The summed E-state index contributed by atoms with van der Waals surface area (Å²) in [6.45, 7) is 1.46. The zero-order chi connectivity index (χ0) is 19.3. The number of benzene rings is 2. The second-order valence-corrected chi connectivity index (χ2v) is 5.64. The molecule has 0 aliphatic heterocycles. The lowest BCUT2D eigenvalue weighted by molar-refractivity contribution is -0.240. The molecule has 0 aromatic heterocycles. The van der Waals surface area contributed by atoms with E-state index in [9.17, 15) is 9.18 Å². The van der Waals surface area contributed by atoms with Crippen LogP contribution in [0, 0.1) is 0 Å². The van der Waals surface area contributed by atoms with E-state index in [1.807, 2.05) is 30.3 Å². The molecule has 0 radical (unpaired) electrons. The Kier molecular flexibility index (Phi) is 10.2. The van der Waals surface area contributed by atoms with Crippen LogP contribution in [0.15, 0.2) is 60.7 Å². The Bertz CT molecular complexity index is 621. The van der Waals surface area contributed by atoms with Crippen molar-refractivity contribution >= 4 is 5.97 Å². The SMILES string of the molecule is CC(CF)(OCCCO)OCc1ccccc1.O=C(O)c1ccccc1. The van der Waals surface area contributed by atoms with Gasteiger partial charge in [-0.15, -0.1) is 0 Å². The predicted octanol–water partition coefficient (Wildman–Crippen LogP) is 3.67. The number of carboxylic acid groups (broad SMARTS) is 1. The molecule has 142 valence electrons. The number of halogens is 1. The maximum atomic E-state index is 12.9. The topological polar surface area (TPSA) is 76.0 Å². The lowest BCUT2D eigenvalue weighted by Gasteiger charge is -2.27. The highest BCUT2D eigenvalue weighted by atomic mass is 19.1. The van der Waals surface area contributed by atoms with E-state index in [0.29, 0.717) is 18.6 Å². The van der Waals surface area contributed by atoms with Crippen molar-refractivity contribution in [2.75, 3.05) is 19.9 Å². The summed E-state index contributed by atoms with van der Waals surface area (Å²) < 4.78 is 23.6. The number of aromatic carboxylic acids is 1. The van der Waals surface area contributed by atoms with Crippen molar-refractivity contribution in [3.8, 4) is 0 Å². The Morgan fingerprint density at radius 2 is 1.62 bits per heavy atom. The van der Waals surface area contributed by atoms with Crippen LogP contribution in [0.5, 0.6) is 0 Å². The van der Waals surface area contributed by atoms with Crippen LogP contribution in [-0.4, -0.2) is 41.9 Å². The summed E-state index contributed by atoms with van der Waals surface area (Å²) in [5.41, 5.74) is 1.30. The molecule has 0 amide bonds. The molecule has 0 heterocycles. The van der Waals surface area contributed by atoms with Crippen LogP contribution < -0.4 is 0 Å². The number of aliphatic hydroxyl groups is 1. The van der Waals surface area contributed by atoms with Crippen LogP contribution in [0.4, 0.5) is 4.39 Å². The molecule has 2 N–H and O–H groups in total. The van der Waals surface area contributed by atoms with E-state index in [-0.39, 0.29) is 13.2 Å². The van der Waals surface area contributed by atoms with Crippen LogP contribution in [0.3, 0.4) is 0 Å². The summed E-state index contributed by atoms with van der Waals surface area (Å²) in [6.07, 6.45) is 0.476. The second-order valence-electron chi connectivity index (χ2n) is 5.64. The first kappa shape index (κ1) is 21.8. The molecule has 0 fully saturated rings. The van der Waals surface area contributed by atoms with Gasteiger partial charge in [0.25, 0.3) is 0 Å². The molecule has 0 saturated carbocycles. The average molecular weight is 364 g/mol. The number of ether oxygens (including phenoxy) is 2. The van der Waals surface area contributed by atoms with Crippen molar-refractivity contribution in [1.29, 1.82) is 0 Å². The summed E-state index contributed by atoms with van der Waals surface area (Å²) in [6, 6.07) is 17.8. The molecule has 1 atom stereocenters. The van der Waals surface area contributed by atoms with Crippen molar-refractivity contribution in [3.05, 3.63) is 71.8 Å². The average Bonchev–Trinajstić information content (AvgIpc) is 2.69. The summed E-state index contributed by atoms with van der Waals surface area (Å²) in [4.78, 5) is 10.2. The van der Waals surface area contributed by atoms with Crippen LogP contribution in [0.2, 0.25) is 0 Å². The molecule has 0 aliphatic rings. The van der Waals surface area contributed by atoms with Gasteiger partial charge in [0, 0.05) is 6.61 Å². The van der Waals surface area contributed by atoms with Gasteiger partial charge in [0.2, 0.25) is 0 Å². The van der Waals surface area contributed by atoms with Gasteiger partial charge in [-0.2, -0.15) is 0 Å². The van der Waals surface area contributed by atoms with Crippen LogP contribution in [0.25, 0.3) is 0 Å². The molecule has 26 heavy (non-hydrogen) atoms. The lowest BCUT2D eigenvalue weighted by Crippen LogP contribution is -2.35. The van der Waals surface area contributed by atoms with Gasteiger partial charge in [0.1, 0.15) is 6.67 Å². The first-order chi connectivity index (χ1) is 12.5. The third kappa shape index (κ3) is 8.71. The summed E-state index contributed by atoms with van der Waals surface area (Å²) in [7, 11) is 0. The fourth-order valence-corrected chi connectivity index (χ4v) is 1.86. The molecule has 0 aliphatic carbocycles. The molecule has 0 saturated heterocycles. The molecular weight excluding hydrogens is 339 g/mol. The molecule has 5 nitrogen and oxygen atoms in total. The van der Waals surface area contributed by atoms with E-state index < -0.39 is 18.4 Å². The largest absolute Gasteiger partial charge is 0.478 e. The molecule has 2 aromatic rings. The van der Waals surface area contributed by atoms with Gasteiger partial charge in [0.15, 0.2) is 5.79 Å². The Morgan fingerprint density at radius 1 is 1.04 bits per heavy atom. The highest BCUT2D eigenvalue weighted by Crippen LogP contribution is 2.16. The molecule has 1 unspecified atom stereocenters. The minimum absolute atomic E-state index is 0.0288. The summed E-state index contributed by atoms with van der Waals surface area (Å²) >= 11 is 0. The first-order valence-corrected chi connectivity index (χ1v) is 8.28. The van der Waals surface area contributed by atoms with Gasteiger partial charge in [-0.3, -0.25) is 0 Å². The van der Waals surface area contributed by atoms with E-state index in [2.05, 4.69) is 0 Å². The van der Waals surface area contributed by atoms with E-state index in [4.69, 9.17) is 19.7 Å². The Hall–Kier alpha value is -2.28. The van der Waals surface area contributed by atoms with Crippen molar-refractivity contribution in [3.63, 3.8) is 0 Å². The monoisotopic (exact) mass is 364 g/mol. The van der Waals surface area contributed by atoms with Crippen LogP contribution >= 0.6 is 0 Å². The first-order valence-electron chi connectivity index (χ1n) is 8.28. The third-order valence-corrected chi connectivity index (χ3v) is 3.36. The maximum absolute atomic E-state index is 12.9. The standard InChI is InChI=1S/C13H19FO3.C7H6O2/c1-13(11-14,16-9-5-8-15)17-10-12-6-3-2-4-7-12;8-7(9)6-4-2-1-3-5-6/h2-4,6-7,15H,5,8-11H2,1H3;1-5H,(H,8,9). The molecule has 2 aromatic carbocycles. The highest BCUT2D eigenvalue weighted by Gasteiger charge is 2.25. The smallest absolute Gasteiger partial charge is 0.335 e. The van der Waals surface area contributed by atoms with E-state index in [0.717, 1.165) is 5.56 Å². The number of carboxylic acids is 1. The molecule has 6 heteroatoms. The van der Waals surface area contributed by atoms with Gasteiger partial charge in [-0.05, 0) is 31.0 Å². The quantitative estimate of drug-likeness (QED) is 0.524. The van der Waals surface area contributed by atoms with Gasteiger partial charge in [-0.1, -0.05) is 48.5 Å². The van der Waals surface area contributed by atoms with E-state index in [1.54, 1.807) is 37.3 Å². The van der Waals surface area contributed by atoms with Crippen molar-refractivity contribution in [2.24, 2.45) is 0 Å². The normalized spacial score (nSPS) is 12.6. The number of alkyl halides is 1. The number of carbonyl (C=O) groups is 1. The second kappa shape index (κ2) is 12.1. The number of hydrogen-bond donors (Lipinski definition) is 2. The molecule has 0 bridgehead atoms. The van der Waals surface area contributed by atoms with Gasteiger partial charge in [0.05, 0.1) is 18.8 Å². The van der Waals surface area contributed by atoms with Crippen LogP contribution in [-0.2, 0) is 16.1 Å². The third-order valence-electron chi connectivity index (χ3n) is 3.36. The lowest BCUT2D eigenvalue weighted by atomic mass is 10.2. The Morgan fingerprint density at radius 3 is 2.08 bits per heavy atom. The van der Waals surface area contributed by atoms with E-state index in [1.165, 1.54) is 0 Å². The van der Waals surface area contributed by atoms with Crippen LogP contribution in [0.1, 0.15) is 29.3 Å². The highest BCUT2D eigenvalue weighted by molar-refractivity contribution is 5.87. The zero-order valence-electron chi connectivity index (χ0n) is 14.8. The number of rotatable bonds is 9. The minimum atomic E-state index is -1.23. The Balaban J connectivity index is 0.000000314. The minimum Gasteiger partial charge on any atom is -0.478 e. The van der Waals surface area contributed by atoms with Gasteiger partial charge in [-0.25, -0.2) is 9.18 Å². The van der Waals surface area contributed by atoms with Crippen molar-refractivity contribution in [2.45, 2.75) is 25.7 Å². The zero-order valence-corrected chi connectivity index (χ0v) is 14.8. The summed E-state index contributed by atoms with van der Waals surface area (Å²) in [5.74, 6) is -2.11.